The number of esters is 1. The predicted molar refractivity (Wildman–Crippen MR) is 86.2 cm³/mol. The first-order valence-electron chi connectivity index (χ1n) is 6.74. The van der Waals surface area contributed by atoms with Crippen molar-refractivity contribution in [1.29, 1.82) is 0 Å². The van der Waals surface area contributed by atoms with Crippen molar-refractivity contribution in [2.75, 3.05) is 5.75 Å². The molecule has 5 nitrogen and oxygen atoms in total. The molecule has 0 aliphatic heterocycles. The number of rotatable bonds is 6. The molecule has 1 aromatic carbocycles. The summed E-state index contributed by atoms with van der Waals surface area (Å²) < 4.78 is 15.5. The molecule has 3 aromatic rings. The van der Waals surface area contributed by atoms with Crippen LogP contribution in [0.3, 0.4) is 0 Å². The zero-order valence-corrected chi connectivity index (χ0v) is 13.5. The number of aromatic nitrogens is 1. The van der Waals surface area contributed by atoms with Gasteiger partial charge in [-0.2, -0.15) is 0 Å². The van der Waals surface area contributed by atoms with E-state index in [1.807, 2.05) is 12.1 Å². The van der Waals surface area contributed by atoms with E-state index in [1.54, 1.807) is 36.6 Å². The van der Waals surface area contributed by atoms with Crippen molar-refractivity contribution in [2.45, 2.75) is 11.5 Å². The molecule has 7 heteroatoms. The number of halogens is 1. The summed E-state index contributed by atoms with van der Waals surface area (Å²) in [7, 11) is 0. The van der Waals surface area contributed by atoms with Crippen LogP contribution < -0.4 is 0 Å². The summed E-state index contributed by atoms with van der Waals surface area (Å²) in [6, 6.07) is 12.5. The molecule has 0 aliphatic carbocycles. The maximum Gasteiger partial charge on any atom is 0.316 e. The van der Waals surface area contributed by atoms with E-state index in [1.165, 1.54) is 11.8 Å². The molecule has 0 N–H and O–H groups in total. The van der Waals surface area contributed by atoms with Gasteiger partial charge in [0.05, 0.1) is 12.0 Å². The molecule has 118 valence electrons. The van der Waals surface area contributed by atoms with Gasteiger partial charge >= 0.3 is 5.97 Å². The molecule has 0 spiro atoms. The highest BCUT2D eigenvalue weighted by Crippen LogP contribution is 2.22. The number of benzene rings is 1. The van der Waals surface area contributed by atoms with E-state index in [2.05, 4.69) is 5.16 Å². The van der Waals surface area contributed by atoms with Crippen LogP contribution in [-0.4, -0.2) is 16.9 Å². The Balaban J connectivity index is 1.46. The third-order valence-corrected chi connectivity index (χ3v) is 4.11. The molecule has 0 atom stereocenters. The van der Waals surface area contributed by atoms with E-state index < -0.39 is 0 Å². The molecule has 0 unspecified atom stereocenters. The maximum absolute atomic E-state index is 11.7. The van der Waals surface area contributed by atoms with Crippen LogP contribution in [-0.2, 0) is 16.1 Å². The molecule has 0 fully saturated rings. The van der Waals surface area contributed by atoms with Crippen LogP contribution in [0, 0.1) is 0 Å². The number of hydrogen-bond acceptors (Lipinski definition) is 6. The number of hydrogen-bond donors (Lipinski definition) is 0. The fourth-order valence-corrected chi connectivity index (χ4v) is 2.61. The Labute approximate surface area is 141 Å². The Hall–Kier alpha value is -2.18. The summed E-state index contributed by atoms with van der Waals surface area (Å²) in [6.07, 6.45) is 1.55. The summed E-state index contributed by atoms with van der Waals surface area (Å²) in [6.45, 7) is 0.0597. The largest absolute Gasteiger partial charge is 0.461 e. The molecule has 0 aliphatic rings. The van der Waals surface area contributed by atoms with E-state index in [-0.39, 0.29) is 18.3 Å². The van der Waals surface area contributed by atoms with Crippen molar-refractivity contribution in [3.63, 3.8) is 0 Å². The zero-order chi connectivity index (χ0) is 16.1. The highest BCUT2D eigenvalue weighted by molar-refractivity contribution is 8.00. The smallest absolute Gasteiger partial charge is 0.316 e. The van der Waals surface area contributed by atoms with Crippen LogP contribution in [0.1, 0.15) is 5.69 Å². The van der Waals surface area contributed by atoms with Gasteiger partial charge in [0.15, 0.2) is 5.76 Å². The van der Waals surface area contributed by atoms with Gasteiger partial charge < -0.3 is 13.7 Å². The average molecular weight is 350 g/mol. The van der Waals surface area contributed by atoms with Crippen molar-refractivity contribution in [2.24, 2.45) is 0 Å². The van der Waals surface area contributed by atoms with Crippen molar-refractivity contribution < 1.29 is 18.5 Å². The van der Waals surface area contributed by atoms with Gasteiger partial charge in [0.2, 0.25) is 5.76 Å². The Morgan fingerprint density at radius 1 is 1.22 bits per heavy atom. The first kappa shape index (κ1) is 15.7. The van der Waals surface area contributed by atoms with Crippen LogP contribution in [0.2, 0.25) is 5.02 Å². The van der Waals surface area contributed by atoms with Gasteiger partial charge in [0.1, 0.15) is 12.3 Å². The molecule has 0 amide bonds. The molecule has 0 saturated carbocycles. The van der Waals surface area contributed by atoms with Crippen molar-refractivity contribution >= 4 is 29.3 Å². The van der Waals surface area contributed by atoms with Crippen molar-refractivity contribution in [1.82, 2.24) is 5.16 Å². The Morgan fingerprint density at radius 2 is 2.04 bits per heavy atom. The minimum absolute atomic E-state index is 0.0597. The molecule has 0 radical (unpaired) electrons. The minimum atomic E-state index is -0.326. The monoisotopic (exact) mass is 349 g/mol. The molecule has 2 heterocycles. The minimum Gasteiger partial charge on any atom is -0.461 e. The zero-order valence-electron chi connectivity index (χ0n) is 11.9. The third-order valence-electron chi connectivity index (χ3n) is 2.87. The van der Waals surface area contributed by atoms with Crippen LogP contribution in [0.4, 0.5) is 0 Å². The number of carbonyl (C=O) groups excluding carboxylic acids is 1. The van der Waals surface area contributed by atoms with E-state index in [9.17, 15) is 4.79 Å². The Bertz CT molecular complexity index is 768. The second-order valence-electron chi connectivity index (χ2n) is 4.56. The number of nitrogens with zero attached hydrogens (tertiary/aromatic N) is 1. The molecule has 2 aromatic heterocycles. The molecular weight excluding hydrogens is 338 g/mol. The second-order valence-corrected chi connectivity index (χ2v) is 6.05. The first-order chi connectivity index (χ1) is 11.2. The fourth-order valence-electron chi connectivity index (χ4n) is 1.78. The molecule has 0 saturated heterocycles. The first-order valence-corrected chi connectivity index (χ1v) is 8.10. The third kappa shape index (κ3) is 4.40. The molecule has 3 rings (SSSR count). The Morgan fingerprint density at radius 3 is 2.78 bits per heavy atom. The highest BCUT2D eigenvalue weighted by Gasteiger charge is 2.11. The molecular formula is C16H12ClNO4S. The van der Waals surface area contributed by atoms with Crippen LogP contribution >= 0.6 is 23.4 Å². The SMILES string of the molecule is O=C(CSc1ccc(Cl)cc1)OCc1cc(-c2ccco2)on1. The topological polar surface area (TPSA) is 65.5 Å². The second kappa shape index (κ2) is 7.39. The van der Waals surface area contributed by atoms with Crippen molar-refractivity contribution in [3.05, 3.63) is 59.4 Å². The number of furan rings is 1. The van der Waals surface area contributed by atoms with E-state index in [4.69, 9.17) is 25.3 Å². The van der Waals surface area contributed by atoms with E-state index in [0.717, 1.165) is 4.90 Å². The summed E-state index contributed by atoms with van der Waals surface area (Å²) in [5.74, 6) is 0.960. The summed E-state index contributed by atoms with van der Waals surface area (Å²) in [4.78, 5) is 12.7. The van der Waals surface area contributed by atoms with E-state index >= 15 is 0 Å². The lowest BCUT2D eigenvalue weighted by Crippen LogP contribution is -2.07. The van der Waals surface area contributed by atoms with Gasteiger partial charge in [-0.1, -0.05) is 16.8 Å². The van der Waals surface area contributed by atoms with Crippen LogP contribution in [0.15, 0.2) is 62.6 Å². The quantitative estimate of drug-likeness (QED) is 0.484. The number of carbonyl (C=O) groups is 1. The summed E-state index contributed by atoms with van der Waals surface area (Å²) in [5, 5.41) is 4.50. The van der Waals surface area contributed by atoms with Gasteiger partial charge in [-0.3, -0.25) is 4.79 Å². The molecule has 23 heavy (non-hydrogen) atoms. The highest BCUT2D eigenvalue weighted by atomic mass is 35.5. The predicted octanol–water partition coefficient (Wildman–Crippen LogP) is 4.42. The van der Waals surface area contributed by atoms with Gasteiger partial charge in [0.25, 0.3) is 0 Å². The van der Waals surface area contributed by atoms with Gasteiger partial charge in [-0.25, -0.2) is 0 Å². The standard InChI is InChI=1S/C16H12ClNO4S/c17-11-3-5-13(6-4-11)23-10-16(19)21-9-12-8-15(22-18-12)14-2-1-7-20-14/h1-8H,9-10H2. The van der Waals surface area contributed by atoms with Crippen LogP contribution in [0.25, 0.3) is 11.5 Å². The van der Waals surface area contributed by atoms with Gasteiger partial charge in [-0.05, 0) is 36.4 Å². The fraction of sp³-hybridized carbons (Fsp3) is 0.125. The number of thioether (sulfide) groups is 1. The van der Waals surface area contributed by atoms with Gasteiger partial charge in [-0.15, -0.1) is 11.8 Å². The lowest BCUT2D eigenvalue weighted by Gasteiger charge is -2.02. The Kier molecular flexibility index (Phi) is 5.05. The number of ether oxygens (including phenoxy) is 1. The van der Waals surface area contributed by atoms with Gasteiger partial charge in [0, 0.05) is 16.0 Å². The summed E-state index contributed by atoms with van der Waals surface area (Å²) >= 11 is 7.19. The molecule has 0 bridgehead atoms. The van der Waals surface area contributed by atoms with E-state index in [0.29, 0.717) is 22.2 Å². The van der Waals surface area contributed by atoms with Crippen LogP contribution in [0.5, 0.6) is 0 Å². The maximum atomic E-state index is 11.7. The summed E-state index contributed by atoms with van der Waals surface area (Å²) in [5.41, 5.74) is 0.529. The normalized spacial score (nSPS) is 10.7. The average Bonchev–Trinajstić information content (AvgIpc) is 3.23. The lowest BCUT2D eigenvalue weighted by atomic mass is 10.3. The van der Waals surface area contributed by atoms with Crippen molar-refractivity contribution in [3.8, 4) is 11.5 Å². The lowest BCUT2D eigenvalue weighted by molar-refractivity contribution is -0.141.